The molecular weight excluding hydrogens is 222 g/mol. The average Bonchev–Trinajstić information content (AvgIpc) is 2.85. The van der Waals surface area contributed by atoms with E-state index in [1.165, 1.54) is 0 Å². The predicted molar refractivity (Wildman–Crippen MR) is 63.8 cm³/mol. The molecule has 0 saturated carbocycles. The number of thioether (sulfide) groups is 1. The largest absolute Gasteiger partial charge is 0.340 e. The number of hydrogen-bond acceptors (Lipinski definition) is 4. The zero-order valence-corrected chi connectivity index (χ0v) is 10.5. The third-order valence-electron chi connectivity index (χ3n) is 3.16. The van der Waals surface area contributed by atoms with Gasteiger partial charge in [-0.2, -0.15) is 5.26 Å². The van der Waals surface area contributed by atoms with Crippen LogP contribution in [0.1, 0.15) is 20.3 Å². The third kappa shape index (κ3) is 2.04. The van der Waals surface area contributed by atoms with Crippen molar-refractivity contribution in [2.24, 2.45) is 5.92 Å². The van der Waals surface area contributed by atoms with Crippen molar-refractivity contribution in [2.45, 2.75) is 31.2 Å². The Kier molecular flexibility index (Phi) is 3.13. The number of rotatable bonds is 1. The lowest BCUT2D eigenvalue weighted by atomic mass is 10.2. The van der Waals surface area contributed by atoms with Crippen LogP contribution in [0.4, 0.5) is 0 Å². The molecule has 0 aromatic carbocycles. The molecule has 1 spiro atoms. The monoisotopic (exact) mass is 239 g/mol. The van der Waals surface area contributed by atoms with Gasteiger partial charge in [-0.05, 0) is 6.42 Å². The summed E-state index contributed by atoms with van der Waals surface area (Å²) in [5.41, 5.74) is 0. The summed E-state index contributed by atoms with van der Waals surface area (Å²) in [6.45, 7) is 5.42. The highest BCUT2D eigenvalue weighted by molar-refractivity contribution is 8.01. The highest BCUT2D eigenvalue weighted by atomic mass is 32.2. The first-order chi connectivity index (χ1) is 7.56. The molecule has 16 heavy (non-hydrogen) atoms. The summed E-state index contributed by atoms with van der Waals surface area (Å²) in [6.07, 6.45) is 0.953. The van der Waals surface area contributed by atoms with Crippen molar-refractivity contribution in [1.29, 1.82) is 5.26 Å². The van der Waals surface area contributed by atoms with E-state index in [9.17, 15) is 4.79 Å². The SMILES string of the molecule is CC(C)C(=O)N1CCC2(C1)N[C@H](C#N)CS2. The van der Waals surface area contributed by atoms with Crippen molar-refractivity contribution in [3.8, 4) is 6.07 Å². The lowest BCUT2D eigenvalue weighted by molar-refractivity contribution is -0.133. The Morgan fingerprint density at radius 3 is 3.00 bits per heavy atom. The molecule has 0 radical (unpaired) electrons. The molecule has 2 aliphatic heterocycles. The normalized spacial score (nSPS) is 33.6. The molecule has 1 amide bonds. The second kappa shape index (κ2) is 4.27. The van der Waals surface area contributed by atoms with Gasteiger partial charge in [0.25, 0.3) is 0 Å². The van der Waals surface area contributed by atoms with Gasteiger partial charge in [-0.3, -0.25) is 10.1 Å². The molecule has 0 aromatic rings. The van der Waals surface area contributed by atoms with E-state index in [4.69, 9.17) is 5.26 Å². The van der Waals surface area contributed by atoms with Crippen LogP contribution in [0.15, 0.2) is 0 Å². The van der Waals surface area contributed by atoms with E-state index in [2.05, 4.69) is 11.4 Å². The van der Waals surface area contributed by atoms with Crippen LogP contribution in [0, 0.1) is 17.2 Å². The topological polar surface area (TPSA) is 56.1 Å². The first-order valence-electron chi connectivity index (χ1n) is 5.66. The fraction of sp³-hybridized carbons (Fsp3) is 0.818. The molecule has 1 N–H and O–H groups in total. The molecule has 0 aromatic heterocycles. The van der Waals surface area contributed by atoms with Crippen LogP contribution in [0.25, 0.3) is 0 Å². The van der Waals surface area contributed by atoms with E-state index in [-0.39, 0.29) is 22.7 Å². The van der Waals surface area contributed by atoms with Crippen molar-refractivity contribution in [3.63, 3.8) is 0 Å². The van der Waals surface area contributed by atoms with Crippen LogP contribution in [0.2, 0.25) is 0 Å². The highest BCUT2D eigenvalue weighted by Crippen LogP contribution is 2.38. The molecule has 2 aliphatic rings. The number of hydrogen-bond donors (Lipinski definition) is 1. The molecule has 0 aliphatic carbocycles. The number of carbonyl (C=O) groups excluding carboxylic acids is 1. The van der Waals surface area contributed by atoms with Crippen LogP contribution < -0.4 is 5.32 Å². The number of amides is 1. The van der Waals surface area contributed by atoms with Gasteiger partial charge in [-0.15, -0.1) is 11.8 Å². The smallest absolute Gasteiger partial charge is 0.225 e. The number of nitrogens with zero attached hydrogens (tertiary/aromatic N) is 2. The summed E-state index contributed by atoms with van der Waals surface area (Å²) in [5.74, 6) is 1.12. The standard InChI is InChI=1S/C11H17N3OS/c1-8(2)10(15)14-4-3-11(7-14)13-9(5-12)6-16-11/h8-9,13H,3-4,6-7H2,1-2H3/t9-,11?/m1/s1. The average molecular weight is 239 g/mol. The van der Waals surface area contributed by atoms with Crippen LogP contribution in [0.3, 0.4) is 0 Å². The van der Waals surface area contributed by atoms with Gasteiger partial charge in [-0.25, -0.2) is 0 Å². The van der Waals surface area contributed by atoms with Crippen LogP contribution in [-0.2, 0) is 4.79 Å². The minimum Gasteiger partial charge on any atom is -0.340 e. The molecule has 2 heterocycles. The molecule has 5 heteroatoms. The number of nitrogens with one attached hydrogen (secondary N) is 1. The van der Waals surface area contributed by atoms with Crippen molar-refractivity contribution in [1.82, 2.24) is 10.2 Å². The van der Waals surface area contributed by atoms with Crippen molar-refractivity contribution < 1.29 is 4.79 Å². The number of carbonyl (C=O) groups is 1. The van der Waals surface area contributed by atoms with E-state index >= 15 is 0 Å². The Morgan fingerprint density at radius 2 is 2.44 bits per heavy atom. The fourth-order valence-corrected chi connectivity index (χ4v) is 3.64. The van der Waals surface area contributed by atoms with Gasteiger partial charge in [0.2, 0.25) is 5.91 Å². The second-order valence-electron chi connectivity index (χ2n) is 4.80. The van der Waals surface area contributed by atoms with Gasteiger partial charge in [0.15, 0.2) is 0 Å². The van der Waals surface area contributed by atoms with E-state index in [1.807, 2.05) is 18.7 Å². The maximum absolute atomic E-state index is 11.9. The molecule has 4 nitrogen and oxygen atoms in total. The summed E-state index contributed by atoms with van der Waals surface area (Å²) in [4.78, 5) is 13.7. The summed E-state index contributed by atoms with van der Waals surface area (Å²) in [5, 5.41) is 12.2. The molecule has 2 saturated heterocycles. The van der Waals surface area contributed by atoms with Gasteiger partial charge >= 0.3 is 0 Å². The first-order valence-corrected chi connectivity index (χ1v) is 6.65. The van der Waals surface area contributed by atoms with Crippen molar-refractivity contribution in [2.75, 3.05) is 18.8 Å². The number of nitriles is 1. The van der Waals surface area contributed by atoms with E-state index in [0.717, 1.165) is 25.3 Å². The minimum absolute atomic E-state index is 0.0506. The van der Waals surface area contributed by atoms with Gasteiger partial charge in [-0.1, -0.05) is 13.8 Å². The van der Waals surface area contributed by atoms with Gasteiger partial charge in [0.1, 0.15) is 6.04 Å². The molecule has 1 unspecified atom stereocenters. The van der Waals surface area contributed by atoms with Crippen molar-refractivity contribution in [3.05, 3.63) is 0 Å². The Balaban J connectivity index is 1.99. The van der Waals surface area contributed by atoms with Crippen LogP contribution in [-0.4, -0.2) is 40.6 Å². The van der Waals surface area contributed by atoms with E-state index in [0.29, 0.717) is 0 Å². The first kappa shape index (κ1) is 11.7. The summed E-state index contributed by atoms with van der Waals surface area (Å²) in [6, 6.07) is 2.19. The summed E-state index contributed by atoms with van der Waals surface area (Å²) >= 11 is 1.79. The molecule has 88 valence electrons. The van der Waals surface area contributed by atoms with E-state index < -0.39 is 0 Å². The lowest BCUT2D eigenvalue weighted by Crippen LogP contribution is -2.44. The molecule has 0 bridgehead atoms. The van der Waals surface area contributed by atoms with Gasteiger partial charge in [0, 0.05) is 24.8 Å². The molecule has 2 atom stereocenters. The molecular formula is C11H17N3OS. The molecule has 2 fully saturated rings. The number of likely N-dealkylation sites (tertiary alicyclic amines) is 1. The highest BCUT2D eigenvalue weighted by Gasteiger charge is 2.45. The second-order valence-corrected chi connectivity index (χ2v) is 6.20. The van der Waals surface area contributed by atoms with Crippen LogP contribution >= 0.6 is 11.8 Å². The Morgan fingerprint density at radius 1 is 1.69 bits per heavy atom. The maximum atomic E-state index is 11.9. The Hall–Kier alpha value is -0.730. The maximum Gasteiger partial charge on any atom is 0.225 e. The zero-order valence-electron chi connectivity index (χ0n) is 9.69. The minimum atomic E-state index is -0.0564. The Labute approximate surface area is 100 Å². The predicted octanol–water partition coefficient (Wildman–Crippen LogP) is 0.800. The molecule has 2 rings (SSSR count). The Bertz CT molecular complexity index is 339. The third-order valence-corrected chi connectivity index (χ3v) is 4.66. The van der Waals surface area contributed by atoms with E-state index in [1.54, 1.807) is 11.8 Å². The van der Waals surface area contributed by atoms with Crippen molar-refractivity contribution >= 4 is 17.7 Å². The zero-order chi connectivity index (χ0) is 11.8. The fourth-order valence-electron chi connectivity index (χ4n) is 2.28. The van der Waals surface area contributed by atoms with Crippen LogP contribution in [0.5, 0.6) is 0 Å². The summed E-state index contributed by atoms with van der Waals surface area (Å²) < 4.78 is 0. The van der Waals surface area contributed by atoms with Gasteiger partial charge in [0.05, 0.1) is 10.9 Å². The quantitative estimate of drug-likeness (QED) is 0.735. The summed E-state index contributed by atoms with van der Waals surface area (Å²) in [7, 11) is 0. The van der Waals surface area contributed by atoms with Gasteiger partial charge < -0.3 is 4.90 Å². The lowest BCUT2D eigenvalue weighted by Gasteiger charge is -2.24.